The second-order valence-electron chi connectivity index (χ2n) is 5.94. The van der Waals surface area contributed by atoms with Crippen LogP contribution in [0.1, 0.15) is 29.5 Å². The average molecular weight is 293 g/mol. The zero-order valence-electron chi connectivity index (χ0n) is 12.6. The summed E-state index contributed by atoms with van der Waals surface area (Å²) in [6, 6.07) is 11.0. The van der Waals surface area contributed by atoms with E-state index in [9.17, 15) is 0 Å². The zero-order valence-corrected chi connectivity index (χ0v) is 12.6. The number of fused-ring (bicyclic) bond motifs is 1. The maximum atomic E-state index is 5.85. The van der Waals surface area contributed by atoms with E-state index >= 15 is 0 Å². The first-order chi connectivity index (χ1) is 10.7. The first-order valence-electron chi connectivity index (χ1n) is 7.60. The number of rotatable bonds is 3. The Kier molecular flexibility index (Phi) is 3.08. The molecule has 1 aliphatic rings. The Morgan fingerprint density at radius 3 is 2.95 bits per heavy atom. The largest absolute Gasteiger partial charge is 0.384 e. The molecule has 0 spiro atoms. The van der Waals surface area contributed by atoms with Gasteiger partial charge in [-0.2, -0.15) is 0 Å². The summed E-state index contributed by atoms with van der Waals surface area (Å²) in [5, 5.41) is 1.26. The predicted octanol–water partition coefficient (Wildman–Crippen LogP) is 2.80. The molecule has 3 heterocycles. The van der Waals surface area contributed by atoms with E-state index in [-0.39, 0.29) is 0 Å². The Morgan fingerprint density at radius 2 is 2.18 bits per heavy atom. The fraction of sp³-hybridized carbons (Fsp3) is 0.294. The van der Waals surface area contributed by atoms with Crippen LogP contribution in [-0.2, 0) is 6.54 Å². The number of H-pyrrole nitrogens is 1. The first kappa shape index (κ1) is 13.3. The standard InChI is InChI=1S/C17H19N5/c1-11-20-15(9-17(18)21-11)16-5-7-22(16)10-12-2-3-14-13(8-12)4-6-19-14/h2-4,6,8-9,16,19H,5,7,10H2,1H3,(H2,18,20,21)/t16-/m1/s1. The smallest absolute Gasteiger partial charge is 0.127 e. The highest BCUT2D eigenvalue weighted by Gasteiger charge is 2.30. The molecule has 1 fully saturated rings. The van der Waals surface area contributed by atoms with Crippen LogP contribution in [-0.4, -0.2) is 26.4 Å². The summed E-state index contributed by atoms with van der Waals surface area (Å²) < 4.78 is 0. The molecule has 1 aromatic carbocycles. The highest BCUT2D eigenvalue weighted by Crippen LogP contribution is 2.34. The molecule has 5 nitrogen and oxygen atoms in total. The highest BCUT2D eigenvalue weighted by molar-refractivity contribution is 5.79. The molecule has 5 heteroatoms. The molecule has 0 unspecified atom stereocenters. The van der Waals surface area contributed by atoms with Gasteiger partial charge in [0.15, 0.2) is 0 Å². The summed E-state index contributed by atoms with van der Waals surface area (Å²) in [5.41, 5.74) is 9.40. The number of hydrogen-bond donors (Lipinski definition) is 2. The van der Waals surface area contributed by atoms with Crippen LogP contribution in [0.4, 0.5) is 5.82 Å². The van der Waals surface area contributed by atoms with Crippen LogP contribution in [0.3, 0.4) is 0 Å². The van der Waals surface area contributed by atoms with Crippen molar-refractivity contribution >= 4 is 16.7 Å². The monoisotopic (exact) mass is 293 g/mol. The predicted molar refractivity (Wildman–Crippen MR) is 87.2 cm³/mol. The first-order valence-corrected chi connectivity index (χ1v) is 7.60. The van der Waals surface area contributed by atoms with Gasteiger partial charge in [0, 0.05) is 30.9 Å². The second-order valence-corrected chi connectivity index (χ2v) is 5.94. The number of anilines is 1. The molecule has 4 rings (SSSR count). The molecular weight excluding hydrogens is 274 g/mol. The minimum Gasteiger partial charge on any atom is -0.384 e. The highest BCUT2D eigenvalue weighted by atomic mass is 15.2. The second kappa shape index (κ2) is 5.10. The van der Waals surface area contributed by atoms with Crippen LogP contribution in [0.15, 0.2) is 36.5 Å². The summed E-state index contributed by atoms with van der Waals surface area (Å²) in [6.45, 7) is 3.93. The molecule has 3 N–H and O–H groups in total. The van der Waals surface area contributed by atoms with Gasteiger partial charge in [-0.25, -0.2) is 9.97 Å². The van der Waals surface area contributed by atoms with Crippen LogP contribution in [0.5, 0.6) is 0 Å². The van der Waals surface area contributed by atoms with Gasteiger partial charge in [0.2, 0.25) is 0 Å². The van der Waals surface area contributed by atoms with Gasteiger partial charge in [0.1, 0.15) is 11.6 Å². The summed E-state index contributed by atoms with van der Waals surface area (Å²) >= 11 is 0. The topological polar surface area (TPSA) is 70.8 Å². The lowest BCUT2D eigenvalue weighted by molar-refractivity contribution is 0.0786. The van der Waals surface area contributed by atoms with E-state index in [1.54, 1.807) is 0 Å². The van der Waals surface area contributed by atoms with Gasteiger partial charge < -0.3 is 10.7 Å². The van der Waals surface area contributed by atoms with Crippen molar-refractivity contribution < 1.29 is 0 Å². The van der Waals surface area contributed by atoms with E-state index in [1.165, 1.54) is 16.5 Å². The molecule has 0 saturated carbocycles. The molecule has 0 aliphatic carbocycles. The van der Waals surface area contributed by atoms with Crippen LogP contribution in [0, 0.1) is 6.92 Å². The summed E-state index contributed by atoms with van der Waals surface area (Å²) in [4.78, 5) is 14.4. The van der Waals surface area contributed by atoms with E-state index in [4.69, 9.17) is 5.73 Å². The molecule has 1 aliphatic heterocycles. The third kappa shape index (κ3) is 2.33. The number of benzene rings is 1. The maximum absolute atomic E-state index is 5.85. The van der Waals surface area contributed by atoms with Crippen molar-refractivity contribution in [3.8, 4) is 0 Å². The molecule has 3 aromatic rings. The lowest BCUT2D eigenvalue weighted by atomic mass is 9.97. The van der Waals surface area contributed by atoms with Crippen LogP contribution in [0.2, 0.25) is 0 Å². The molecule has 0 bridgehead atoms. The molecule has 1 saturated heterocycles. The summed E-state index contributed by atoms with van der Waals surface area (Å²) in [6.07, 6.45) is 3.11. The SMILES string of the molecule is Cc1nc(N)cc([C@H]2CCN2Cc2ccc3[nH]ccc3c2)n1. The Labute approximate surface area is 129 Å². The van der Waals surface area contributed by atoms with Gasteiger partial charge >= 0.3 is 0 Å². The van der Waals surface area contributed by atoms with Crippen molar-refractivity contribution in [2.24, 2.45) is 0 Å². The third-order valence-corrected chi connectivity index (χ3v) is 4.35. The fourth-order valence-electron chi connectivity index (χ4n) is 3.19. The fourth-order valence-corrected chi connectivity index (χ4v) is 3.19. The number of aromatic nitrogens is 3. The molecule has 0 amide bonds. The van der Waals surface area contributed by atoms with Crippen molar-refractivity contribution in [2.45, 2.75) is 25.9 Å². The summed E-state index contributed by atoms with van der Waals surface area (Å²) in [5.74, 6) is 1.30. The summed E-state index contributed by atoms with van der Waals surface area (Å²) in [7, 11) is 0. The van der Waals surface area contributed by atoms with Crippen molar-refractivity contribution in [1.29, 1.82) is 0 Å². The van der Waals surface area contributed by atoms with E-state index in [1.807, 2.05) is 19.2 Å². The Bertz CT molecular complexity index is 803. The van der Waals surface area contributed by atoms with Crippen LogP contribution >= 0.6 is 0 Å². The van der Waals surface area contributed by atoms with Gasteiger partial charge in [-0.15, -0.1) is 0 Å². The van der Waals surface area contributed by atoms with Crippen molar-refractivity contribution in [2.75, 3.05) is 12.3 Å². The molecule has 2 aromatic heterocycles. The van der Waals surface area contributed by atoms with Crippen molar-refractivity contribution in [1.82, 2.24) is 19.9 Å². The minimum absolute atomic E-state index is 0.353. The van der Waals surface area contributed by atoms with E-state index < -0.39 is 0 Å². The lowest BCUT2D eigenvalue weighted by Gasteiger charge is -2.40. The Hall–Kier alpha value is -2.40. The normalized spacial score (nSPS) is 18.5. The number of nitrogen functional groups attached to an aromatic ring is 1. The number of likely N-dealkylation sites (tertiary alicyclic amines) is 1. The molecule has 22 heavy (non-hydrogen) atoms. The van der Waals surface area contributed by atoms with Gasteiger partial charge in [0.05, 0.1) is 11.7 Å². The number of nitrogens with one attached hydrogen (secondary N) is 1. The molecule has 0 radical (unpaired) electrons. The van der Waals surface area contributed by atoms with Crippen molar-refractivity contribution in [3.05, 3.63) is 53.6 Å². The number of nitrogens with two attached hydrogens (primary N) is 1. The zero-order chi connectivity index (χ0) is 15.1. The van der Waals surface area contributed by atoms with E-state index in [2.05, 4.69) is 44.1 Å². The van der Waals surface area contributed by atoms with Crippen LogP contribution in [0.25, 0.3) is 10.9 Å². The van der Waals surface area contributed by atoms with E-state index in [0.29, 0.717) is 11.9 Å². The Morgan fingerprint density at radius 1 is 1.27 bits per heavy atom. The number of aromatic amines is 1. The maximum Gasteiger partial charge on any atom is 0.127 e. The van der Waals surface area contributed by atoms with Crippen LogP contribution < -0.4 is 5.73 Å². The number of nitrogens with zero attached hydrogens (tertiary/aromatic N) is 3. The van der Waals surface area contributed by atoms with Crippen molar-refractivity contribution in [3.63, 3.8) is 0 Å². The number of hydrogen-bond acceptors (Lipinski definition) is 4. The van der Waals surface area contributed by atoms with Gasteiger partial charge in [-0.3, -0.25) is 4.90 Å². The Balaban J connectivity index is 1.55. The van der Waals surface area contributed by atoms with E-state index in [0.717, 1.165) is 31.0 Å². The molecule has 1 atom stereocenters. The lowest BCUT2D eigenvalue weighted by Crippen LogP contribution is -2.40. The number of aryl methyl sites for hydroxylation is 1. The molecule has 112 valence electrons. The van der Waals surface area contributed by atoms with Gasteiger partial charge in [0.25, 0.3) is 0 Å². The third-order valence-electron chi connectivity index (χ3n) is 4.35. The average Bonchev–Trinajstić information content (AvgIpc) is 2.90. The minimum atomic E-state index is 0.353. The molecular formula is C17H19N5. The van der Waals surface area contributed by atoms with Gasteiger partial charge in [-0.05, 0) is 42.5 Å². The quantitative estimate of drug-likeness (QED) is 0.779. The van der Waals surface area contributed by atoms with Gasteiger partial charge in [-0.1, -0.05) is 6.07 Å².